The Morgan fingerprint density at radius 1 is 1.10 bits per heavy atom. The molecule has 0 aliphatic carbocycles. The molecule has 6 heteroatoms. The molecule has 0 bridgehead atoms. The molecule has 21 heavy (non-hydrogen) atoms. The quantitative estimate of drug-likeness (QED) is 0.587. The summed E-state index contributed by atoms with van der Waals surface area (Å²) in [5, 5.41) is 3.36. The van der Waals surface area contributed by atoms with E-state index < -0.39 is 0 Å². The zero-order valence-corrected chi connectivity index (χ0v) is 12.6. The summed E-state index contributed by atoms with van der Waals surface area (Å²) in [4.78, 5) is 15.7. The monoisotopic (exact) mass is 300 g/mol. The van der Waals surface area contributed by atoms with E-state index >= 15 is 0 Å². The lowest BCUT2D eigenvalue weighted by atomic mass is 10.1. The van der Waals surface area contributed by atoms with E-state index in [9.17, 15) is 4.79 Å². The predicted molar refractivity (Wildman–Crippen MR) is 87.0 cm³/mol. The molecule has 0 saturated carbocycles. The van der Waals surface area contributed by atoms with Crippen LogP contribution in [0.2, 0.25) is 0 Å². The van der Waals surface area contributed by atoms with Gasteiger partial charge in [0.15, 0.2) is 5.11 Å². The molecule has 1 aromatic carbocycles. The van der Waals surface area contributed by atoms with E-state index in [-0.39, 0.29) is 5.91 Å². The molecule has 1 heterocycles. The maximum atomic E-state index is 11.8. The Kier molecular flexibility index (Phi) is 4.84. The van der Waals surface area contributed by atoms with E-state index in [2.05, 4.69) is 21.2 Å². The summed E-state index contributed by atoms with van der Waals surface area (Å²) in [6.45, 7) is 4.03. The number of carbonyl (C=O) groups is 1. The Morgan fingerprint density at radius 2 is 1.90 bits per heavy atom. The van der Waals surface area contributed by atoms with Crippen molar-refractivity contribution in [2.24, 2.45) is 0 Å². The van der Waals surface area contributed by atoms with Crippen LogP contribution >= 0.6 is 12.2 Å². The number of anilines is 1. The maximum absolute atomic E-state index is 11.8. The van der Waals surface area contributed by atoms with Crippen LogP contribution in [0.3, 0.4) is 0 Å². The van der Waals surface area contributed by atoms with Gasteiger partial charge < -0.3 is 5.32 Å². The fraction of sp³-hybridized carbons (Fsp3) is 0.133. The number of aryl methyl sites for hydroxylation is 1. The first-order valence-corrected chi connectivity index (χ1v) is 6.83. The van der Waals surface area contributed by atoms with E-state index in [0.717, 1.165) is 11.3 Å². The summed E-state index contributed by atoms with van der Waals surface area (Å²) in [5.41, 5.74) is 8.65. The summed E-state index contributed by atoms with van der Waals surface area (Å²) >= 11 is 5.15. The zero-order valence-electron chi connectivity index (χ0n) is 11.8. The van der Waals surface area contributed by atoms with Gasteiger partial charge in [-0.1, -0.05) is 18.2 Å². The molecule has 0 unspecified atom stereocenters. The smallest absolute Gasteiger partial charge is 0.288 e. The molecule has 0 radical (unpaired) electrons. The molecular weight excluding hydrogens is 284 g/mol. The third kappa shape index (κ3) is 4.00. The highest BCUT2D eigenvalue weighted by atomic mass is 32.1. The molecule has 0 atom stereocenters. The maximum Gasteiger partial charge on any atom is 0.288 e. The molecule has 1 amide bonds. The highest BCUT2D eigenvalue weighted by Crippen LogP contribution is 2.17. The van der Waals surface area contributed by atoms with E-state index in [4.69, 9.17) is 12.2 Å². The summed E-state index contributed by atoms with van der Waals surface area (Å²) in [6.07, 6.45) is 1.56. The van der Waals surface area contributed by atoms with Crippen molar-refractivity contribution in [3.8, 4) is 0 Å². The summed E-state index contributed by atoms with van der Waals surface area (Å²) in [6, 6.07) is 11.0. The van der Waals surface area contributed by atoms with Gasteiger partial charge in [-0.05, 0) is 55.4 Å². The van der Waals surface area contributed by atoms with Crippen LogP contribution in [0.1, 0.15) is 21.6 Å². The lowest BCUT2D eigenvalue weighted by Gasteiger charge is -2.14. The minimum absolute atomic E-state index is 0.313. The first-order valence-electron chi connectivity index (χ1n) is 6.42. The van der Waals surface area contributed by atoms with Gasteiger partial charge in [0.25, 0.3) is 5.91 Å². The Hall–Kier alpha value is -2.47. The molecule has 0 spiro atoms. The van der Waals surface area contributed by atoms with E-state index in [1.165, 1.54) is 5.56 Å². The van der Waals surface area contributed by atoms with Gasteiger partial charge >= 0.3 is 0 Å². The summed E-state index contributed by atoms with van der Waals surface area (Å²) < 4.78 is 0. The fourth-order valence-electron chi connectivity index (χ4n) is 1.71. The van der Waals surface area contributed by atoms with Gasteiger partial charge in [0.1, 0.15) is 5.69 Å². The highest BCUT2D eigenvalue weighted by molar-refractivity contribution is 7.80. The number of benzene rings is 1. The fourth-order valence-corrected chi connectivity index (χ4v) is 1.88. The van der Waals surface area contributed by atoms with Gasteiger partial charge in [0, 0.05) is 11.9 Å². The zero-order chi connectivity index (χ0) is 15.2. The number of carbonyl (C=O) groups excluding carboxylic acids is 1. The van der Waals surface area contributed by atoms with Gasteiger partial charge in [0.2, 0.25) is 0 Å². The van der Waals surface area contributed by atoms with E-state index in [1.54, 1.807) is 24.4 Å². The van der Waals surface area contributed by atoms with Crippen molar-refractivity contribution in [1.29, 1.82) is 0 Å². The van der Waals surface area contributed by atoms with Gasteiger partial charge in [-0.3, -0.25) is 20.6 Å². The van der Waals surface area contributed by atoms with E-state index in [0.29, 0.717) is 10.8 Å². The summed E-state index contributed by atoms with van der Waals surface area (Å²) in [7, 11) is 0. The molecule has 2 aromatic rings. The van der Waals surface area contributed by atoms with Crippen LogP contribution in [-0.2, 0) is 0 Å². The highest BCUT2D eigenvalue weighted by Gasteiger charge is 2.07. The Labute approximate surface area is 128 Å². The van der Waals surface area contributed by atoms with Gasteiger partial charge in [-0.2, -0.15) is 0 Å². The van der Waals surface area contributed by atoms with Gasteiger partial charge in [-0.25, -0.2) is 0 Å². The number of aromatic nitrogens is 1. The molecule has 1 aromatic heterocycles. The van der Waals surface area contributed by atoms with Gasteiger partial charge in [-0.15, -0.1) is 0 Å². The van der Waals surface area contributed by atoms with Crippen LogP contribution in [0, 0.1) is 13.8 Å². The minimum Gasteiger partial charge on any atom is -0.331 e. The second-order valence-electron chi connectivity index (χ2n) is 4.50. The minimum atomic E-state index is -0.347. The summed E-state index contributed by atoms with van der Waals surface area (Å²) in [5.74, 6) is -0.347. The molecule has 5 nitrogen and oxygen atoms in total. The van der Waals surface area contributed by atoms with Crippen molar-refractivity contribution in [2.45, 2.75) is 13.8 Å². The number of rotatable bonds is 2. The van der Waals surface area contributed by atoms with E-state index in [1.807, 2.05) is 32.0 Å². The number of nitrogens with one attached hydrogen (secondary N) is 3. The first kappa shape index (κ1) is 14.9. The SMILES string of the molecule is Cc1cccc(NC(=S)NNC(=O)c2ccccn2)c1C. The van der Waals surface area contributed by atoms with Crippen LogP contribution in [0.15, 0.2) is 42.6 Å². The predicted octanol–water partition coefficient (Wildman–Crippen LogP) is 2.33. The Bertz CT molecular complexity index is 658. The second kappa shape index (κ2) is 6.81. The third-order valence-corrected chi connectivity index (χ3v) is 3.24. The third-order valence-electron chi connectivity index (χ3n) is 3.04. The van der Waals surface area contributed by atoms with Crippen molar-refractivity contribution in [3.05, 3.63) is 59.4 Å². The second-order valence-corrected chi connectivity index (χ2v) is 4.90. The number of thiocarbonyl (C=S) groups is 1. The molecule has 108 valence electrons. The van der Waals surface area contributed by atoms with Crippen molar-refractivity contribution < 1.29 is 4.79 Å². The molecular formula is C15H16N4OS. The normalized spacial score (nSPS) is 9.81. The van der Waals surface area contributed by atoms with Crippen LogP contribution in [0.5, 0.6) is 0 Å². The number of hydrogen-bond acceptors (Lipinski definition) is 3. The van der Waals surface area contributed by atoms with Crippen molar-refractivity contribution in [2.75, 3.05) is 5.32 Å². The average Bonchev–Trinajstić information content (AvgIpc) is 2.50. The standard InChI is InChI=1S/C15H16N4OS/c1-10-6-5-8-12(11(10)2)17-15(21)19-18-14(20)13-7-3-4-9-16-13/h3-9H,1-2H3,(H,18,20)(H2,17,19,21). The molecule has 2 rings (SSSR count). The Morgan fingerprint density at radius 3 is 2.62 bits per heavy atom. The van der Waals surface area contributed by atoms with Gasteiger partial charge in [0.05, 0.1) is 0 Å². The van der Waals surface area contributed by atoms with Crippen molar-refractivity contribution >= 4 is 28.9 Å². The van der Waals surface area contributed by atoms with Crippen LogP contribution in [0.4, 0.5) is 5.69 Å². The first-order chi connectivity index (χ1) is 10.1. The lowest BCUT2D eigenvalue weighted by molar-refractivity contribution is 0.0939. The van der Waals surface area contributed by atoms with Crippen LogP contribution in [0.25, 0.3) is 0 Å². The largest absolute Gasteiger partial charge is 0.331 e. The number of hydrogen-bond donors (Lipinski definition) is 3. The number of hydrazine groups is 1. The molecule has 0 saturated heterocycles. The topological polar surface area (TPSA) is 66.0 Å². The average molecular weight is 300 g/mol. The van der Waals surface area contributed by atoms with Crippen LogP contribution < -0.4 is 16.2 Å². The molecule has 0 aliphatic heterocycles. The molecule has 0 fully saturated rings. The number of pyridine rings is 1. The van der Waals surface area contributed by atoms with Crippen molar-refractivity contribution in [3.63, 3.8) is 0 Å². The lowest BCUT2D eigenvalue weighted by Crippen LogP contribution is -2.44. The number of amides is 1. The van der Waals surface area contributed by atoms with Crippen molar-refractivity contribution in [1.82, 2.24) is 15.8 Å². The molecule has 3 N–H and O–H groups in total. The number of nitrogens with zero attached hydrogens (tertiary/aromatic N) is 1. The van der Waals surface area contributed by atoms with Crippen LogP contribution in [-0.4, -0.2) is 16.0 Å². The molecule has 0 aliphatic rings. The Balaban J connectivity index is 1.91.